The van der Waals surface area contributed by atoms with Gasteiger partial charge < -0.3 is 4.42 Å². The first kappa shape index (κ1) is 13.4. The lowest BCUT2D eigenvalue weighted by atomic mass is 10.3. The predicted molar refractivity (Wildman–Crippen MR) is 73.5 cm³/mol. The second-order valence-corrected chi connectivity index (χ2v) is 4.82. The van der Waals surface area contributed by atoms with Crippen molar-refractivity contribution in [3.8, 4) is 17.7 Å². The van der Waals surface area contributed by atoms with Gasteiger partial charge in [0.1, 0.15) is 0 Å². The second kappa shape index (κ2) is 6.25. The van der Waals surface area contributed by atoms with Crippen LogP contribution in [-0.4, -0.2) is 20.5 Å². The number of hydrogen-bond acceptors (Lipinski definition) is 5. The van der Waals surface area contributed by atoms with E-state index in [0.29, 0.717) is 17.1 Å². The lowest BCUT2D eigenvalue weighted by Gasteiger charge is -2.04. The van der Waals surface area contributed by atoms with Crippen molar-refractivity contribution in [2.45, 2.75) is 25.5 Å². The lowest BCUT2D eigenvalue weighted by molar-refractivity contribution is 0.567. The number of allylic oxidation sites excluding steroid dienone is 1. The Morgan fingerprint density at radius 1 is 1.58 bits per heavy atom. The second-order valence-electron chi connectivity index (χ2n) is 3.84. The van der Waals surface area contributed by atoms with Crippen molar-refractivity contribution < 1.29 is 4.42 Å². The smallest absolute Gasteiger partial charge is 0.200 e. The van der Waals surface area contributed by atoms with E-state index < -0.39 is 0 Å². The van der Waals surface area contributed by atoms with Gasteiger partial charge in [-0.1, -0.05) is 17.8 Å². The first-order valence-electron chi connectivity index (χ1n) is 5.93. The maximum atomic E-state index is 8.69. The average molecular weight is 274 g/mol. The third-order valence-electron chi connectivity index (χ3n) is 2.55. The zero-order valence-corrected chi connectivity index (χ0v) is 11.6. The van der Waals surface area contributed by atoms with E-state index in [-0.39, 0.29) is 0 Å². The molecule has 6 heteroatoms. The van der Waals surface area contributed by atoms with Gasteiger partial charge >= 0.3 is 0 Å². The molecule has 0 saturated heterocycles. The van der Waals surface area contributed by atoms with Crippen LogP contribution in [0.2, 0.25) is 0 Å². The Morgan fingerprint density at radius 3 is 3.05 bits per heavy atom. The fourth-order valence-electron chi connectivity index (χ4n) is 1.56. The minimum Gasteiger partial charge on any atom is -0.461 e. The van der Waals surface area contributed by atoms with Crippen molar-refractivity contribution in [3.05, 3.63) is 30.0 Å². The molecule has 5 nitrogen and oxygen atoms in total. The molecule has 19 heavy (non-hydrogen) atoms. The van der Waals surface area contributed by atoms with Gasteiger partial charge in [-0.25, -0.2) is 0 Å². The topological polar surface area (TPSA) is 67.6 Å². The summed E-state index contributed by atoms with van der Waals surface area (Å²) in [5, 5.41) is 17.8. The van der Waals surface area contributed by atoms with Crippen LogP contribution in [0.4, 0.5) is 0 Å². The average Bonchev–Trinajstić information content (AvgIpc) is 3.06. The highest BCUT2D eigenvalue weighted by molar-refractivity contribution is 7.99. The molecule has 0 aromatic carbocycles. The summed E-state index contributed by atoms with van der Waals surface area (Å²) in [4.78, 5) is 0. The Balaban J connectivity index is 2.17. The van der Waals surface area contributed by atoms with Crippen molar-refractivity contribution in [1.29, 1.82) is 5.26 Å². The highest BCUT2D eigenvalue weighted by atomic mass is 32.2. The number of thioether (sulfide) groups is 1. The van der Waals surface area contributed by atoms with Gasteiger partial charge in [0.25, 0.3) is 0 Å². The highest BCUT2D eigenvalue weighted by Gasteiger charge is 2.14. The van der Waals surface area contributed by atoms with Crippen molar-refractivity contribution in [3.63, 3.8) is 0 Å². The summed E-state index contributed by atoms with van der Waals surface area (Å²) in [5.41, 5.74) is 0.710. The van der Waals surface area contributed by atoms with Gasteiger partial charge in [0.05, 0.1) is 12.3 Å². The molecule has 0 unspecified atom stereocenters. The summed E-state index contributed by atoms with van der Waals surface area (Å²) in [5.74, 6) is 2.15. The minimum absolute atomic E-state index is 0.704. The van der Waals surface area contributed by atoms with E-state index in [4.69, 9.17) is 9.68 Å². The Hall–Kier alpha value is -2.00. The van der Waals surface area contributed by atoms with Gasteiger partial charge in [-0.3, -0.25) is 4.57 Å². The molecule has 0 radical (unpaired) electrons. The van der Waals surface area contributed by atoms with Gasteiger partial charge in [0.2, 0.25) is 0 Å². The SMILES string of the molecule is CCn1c(SC/C=C(\C)C#N)nnc1-c1ccco1. The van der Waals surface area contributed by atoms with Crippen LogP contribution in [0.5, 0.6) is 0 Å². The summed E-state index contributed by atoms with van der Waals surface area (Å²) in [7, 11) is 0. The molecule has 0 saturated carbocycles. The van der Waals surface area contributed by atoms with E-state index in [1.807, 2.05) is 29.7 Å². The summed E-state index contributed by atoms with van der Waals surface area (Å²) in [6.07, 6.45) is 3.50. The molecule has 2 heterocycles. The van der Waals surface area contributed by atoms with Gasteiger partial charge in [-0.15, -0.1) is 10.2 Å². The molecule has 0 spiro atoms. The number of hydrogen-bond donors (Lipinski definition) is 0. The minimum atomic E-state index is 0.704. The van der Waals surface area contributed by atoms with E-state index in [1.165, 1.54) is 0 Å². The monoisotopic (exact) mass is 274 g/mol. The largest absolute Gasteiger partial charge is 0.461 e. The normalized spacial score (nSPS) is 11.5. The van der Waals surface area contributed by atoms with E-state index in [9.17, 15) is 0 Å². The molecule has 98 valence electrons. The Kier molecular flexibility index (Phi) is 4.42. The van der Waals surface area contributed by atoms with E-state index in [0.717, 1.165) is 17.5 Å². The Morgan fingerprint density at radius 2 is 2.42 bits per heavy atom. The Labute approximate surface area is 115 Å². The molecule has 2 rings (SSSR count). The molecular weight excluding hydrogens is 260 g/mol. The van der Waals surface area contributed by atoms with Crippen molar-refractivity contribution >= 4 is 11.8 Å². The number of furan rings is 1. The third kappa shape index (κ3) is 3.06. The van der Waals surface area contributed by atoms with Crippen molar-refractivity contribution in [2.75, 3.05) is 5.75 Å². The van der Waals surface area contributed by atoms with Crippen LogP contribution in [0.25, 0.3) is 11.6 Å². The molecule has 0 amide bonds. The van der Waals surface area contributed by atoms with Crippen LogP contribution in [0.1, 0.15) is 13.8 Å². The number of aromatic nitrogens is 3. The van der Waals surface area contributed by atoms with E-state index >= 15 is 0 Å². The fraction of sp³-hybridized carbons (Fsp3) is 0.308. The number of rotatable bonds is 5. The summed E-state index contributed by atoms with van der Waals surface area (Å²) in [6.45, 7) is 4.60. The van der Waals surface area contributed by atoms with Crippen LogP contribution in [0, 0.1) is 11.3 Å². The summed E-state index contributed by atoms with van der Waals surface area (Å²) in [6, 6.07) is 5.79. The molecule has 2 aromatic rings. The molecule has 2 aromatic heterocycles. The molecule has 0 aliphatic heterocycles. The zero-order chi connectivity index (χ0) is 13.7. The summed E-state index contributed by atoms with van der Waals surface area (Å²) < 4.78 is 7.35. The van der Waals surface area contributed by atoms with Crippen LogP contribution in [-0.2, 0) is 6.54 Å². The molecular formula is C13H14N4OS. The van der Waals surface area contributed by atoms with Gasteiger partial charge in [0.15, 0.2) is 16.7 Å². The zero-order valence-electron chi connectivity index (χ0n) is 10.8. The highest BCUT2D eigenvalue weighted by Crippen LogP contribution is 2.24. The Bertz CT molecular complexity index is 607. The van der Waals surface area contributed by atoms with Gasteiger partial charge in [-0.2, -0.15) is 5.26 Å². The molecule has 0 aliphatic carbocycles. The molecule has 0 bridgehead atoms. The standard InChI is InChI=1S/C13H14N4OS/c1-3-17-12(11-5-4-7-18-11)15-16-13(17)19-8-6-10(2)9-14/h4-7H,3,8H2,1-2H3/b10-6+. The van der Waals surface area contributed by atoms with Crippen molar-refractivity contribution in [2.24, 2.45) is 0 Å². The third-order valence-corrected chi connectivity index (χ3v) is 3.45. The van der Waals surface area contributed by atoms with E-state index in [2.05, 4.69) is 16.3 Å². The predicted octanol–water partition coefficient (Wildman–Crippen LogP) is 3.12. The molecule has 0 N–H and O–H groups in total. The number of nitrogens with zero attached hydrogens (tertiary/aromatic N) is 4. The van der Waals surface area contributed by atoms with Gasteiger partial charge in [-0.05, 0) is 26.0 Å². The van der Waals surface area contributed by atoms with Crippen molar-refractivity contribution in [1.82, 2.24) is 14.8 Å². The lowest BCUT2D eigenvalue weighted by Crippen LogP contribution is -1.99. The quantitative estimate of drug-likeness (QED) is 0.619. The summed E-state index contributed by atoms with van der Waals surface area (Å²) >= 11 is 1.55. The maximum absolute atomic E-state index is 8.69. The first-order chi connectivity index (χ1) is 9.26. The van der Waals surface area contributed by atoms with E-state index in [1.54, 1.807) is 24.9 Å². The first-order valence-corrected chi connectivity index (χ1v) is 6.91. The van der Waals surface area contributed by atoms with Crippen LogP contribution >= 0.6 is 11.8 Å². The van der Waals surface area contributed by atoms with Crippen LogP contribution in [0.15, 0.2) is 39.6 Å². The van der Waals surface area contributed by atoms with Crippen LogP contribution in [0.3, 0.4) is 0 Å². The molecule has 0 fully saturated rings. The fourth-order valence-corrected chi connectivity index (χ4v) is 2.51. The van der Waals surface area contributed by atoms with Crippen LogP contribution < -0.4 is 0 Å². The molecule has 0 atom stereocenters. The number of nitriles is 1. The van der Waals surface area contributed by atoms with Gasteiger partial charge in [0, 0.05) is 17.9 Å². The molecule has 0 aliphatic rings. The maximum Gasteiger partial charge on any atom is 0.200 e.